The number of hydrogen-bond acceptors (Lipinski definition) is 4. The highest BCUT2D eigenvalue weighted by atomic mass is 32.2. The number of carboxylic acids is 1. The average Bonchev–Trinajstić information content (AvgIpc) is 2.54. The number of amides is 1. The van der Waals surface area contributed by atoms with Crippen molar-refractivity contribution in [3.8, 4) is 0 Å². The number of carboxylic acid groups (broad SMARTS) is 1. The normalized spacial score (nSPS) is 24.4. The summed E-state index contributed by atoms with van der Waals surface area (Å²) in [7, 11) is 0. The number of aliphatic carboxylic acids is 1. The van der Waals surface area contributed by atoms with Crippen LogP contribution in [0.15, 0.2) is 54.0 Å². The summed E-state index contributed by atoms with van der Waals surface area (Å²) in [6.45, 7) is 0.638. The van der Waals surface area contributed by atoms with Gasteiger partial charge in [-0.1, -0.05) is 12.1 Å². The van der Waals surface area contributed by atoms with Crippen molar-refractivity contribution in [1.29, 1.82) is 0 Å². The zero-order chi connectivity index (χ0) is 15.7. The predicted molar refractivity (Wildman–Crippen MR) is 81.5 cm³/mol. The third kappa shape index (κ3) is 2.53. The van der Waals surface area contributed by atoms with Gasteiger partial charge in [-0.25, -0.2) is 9.36 Å². The molecule has 1 fully saturated rings. The molecule has 114 valence electrons. The van der Waals surface area contributed by atoms with Crippen LogP contribution in [-0.2, 0) is 16.1 Å². The topological polar surface area (TPSA) is 87.5 Å². The number of nitrogens with two attached hydrogens (primary N) is 1. The van der Waals surface area contributed by atoms with Gasteiger partial charge in [-0.2, -0.15) is 0 Å². The average molecular weight is 318 g/mol. The summed E-state index contributed by atoms with van der Waals surface area (Å²) in [5.41, 5.74) is 6.42. The number of carbonyl (C=O) groups excluding carboxylic acids is 1. The second-order valence-electron chi connectivity index (χ2n) is 5.09. The molecule has 3 rings (SSSR count). The predicted octanol–water partition coefficient (Wildman–Crippen LogP) is 0.111. The molecule has 3 N–H and O–H groups in total. The van der Waals surface area contributed by atoms with Gasteiger partial charge in [-0.05, 0) is 11.6 Å². The fraction of sp³-hybridized carbons (Fsp3) is 0.267. The van der Waals surface area contributed by atoms with E-state index in [1.54, 1.807) is 6.08 Å². The van der Waals surface area contributed by atoms with E-state index in [4.69, 9.17) is 5.73 Å². The van der Waals surface area contributed by atoms with Gasteiger partial charge in [-0.15, -0.1) is 11.8 Å². The zero-order valence-electron chi connectivity index (χ0n) is 11.8. The van der Waals surface area contributed by atoms with Crippen molar-refractivity contribution in [3.63, 3.8) is 0 Å². The van der Waals surface area contributed by atoms with Crippen molar-refractivity contribution in [2.45, 2.75) is 18.0 Å². The lowest BCUT2D eigenvalue weighted by atomic mass is 10.0. The lowest BCUT2D eigenvalue weighted by Gasteiger charge is -2.47. The summed E-state index contributed by atoms with van der Waals surface area (Å²) in [6, 6.07) is 5.19. The number of β-lactam (4-membered cyclic amide) rings is 1. The van der Waals surface area contributed by atoms with Crippen molar-refractivity contribution >= 4 is 23.6 Å². The Kier molecular flexibility index (Phi) is 4.00. The first-order valence-corrected chi connectivity index (χ1v) is 7.92. The third-order valence-corrected chi connectivity index (χ3v) is 4.98. The standard InChI is InChI=1S/C15H15N3O3S/c16-11-13(19)18-12(15(20)21)10(9-22-14(11)18)5-4-8-17-6-2-1-3-7-17/h1-7,11,14H,8-9,16H2/p+1/b5-4+/t11?,14-/m1/s1. The molecule has 0 spiro atoms. The second-order valence-corrected chi connectivity index (χ2v) is 6.19. The Morgan fingerprint density at radius 3 is 2.86 bits per heavy atom. The van der Waals surface area contributed by atoms with Gasteiger partial charge >= 0.3 is 5.97 Å². The number of allylic oxidation sites excluding steroid dienone is 2. The van der Waals surface area contributed by atoms with Crippen LogP contribution in [-0.4, -0.2) is 39.1 Å². The van der Waals surface area contributed by atoms with Gasteiger partial charge in [0.25, 0.3) is 0 Å². The van der Waals surface area contributed by atoms with Gasteiger partial charge in [0.1, 0.15) is 17.1 Å². The largest absolute Gasteiger partial charge is 0.477 e. The molecule has 3 heterocycles. The first kappa shape index (κ1) is 14.8. The van der Waals surface area contributed by atoms with Crippen LogP contribution in [0.3, 0.4) is 0 Å². The molecule has 1 saturated heterocycles. The Morgan fingerprint density at radius 1 is 1.45 bits per heavy atom. The molecular formula is C15H16N3O3S+. The van der Waals surface area contributed by atoms with Gasteiger partial charge in [0, 0.05) is 17.9 Å². The Hall–Kier alpha value is -2.12. The Labute approximate surface area is 131 Å². The second kappa shape index (κ2) is 5.94. The zero-order valence-corrected chi connectivity index (χ0v) is 12.6. The molecule has 1 aromatic heterocycles. The molecule has 6 nitrogen and oxygen atoms in total. The van der Waals surface area contributed by atoms with Crippen LogP contribution in [0.4, 0.5) is 0 Å². The Balaban J connectivity index is 1.81. The first-order chi connectivity index (χ1) is 10.6. The molecule has 0 aliphatic carbocycles. The lowest BCUT2D eigenvalue weighted by Crippen LogP contribution is -2.68. The summed E-state index contributed by atoms with van der Waals surface area (Å²) in [4.78, 5) is 24.6. The van der Waals surface area contributed by atoms with Crippen LogP contribution >= 0.6 is 11.8 Å². The van der Waals surface area contributed by atoms with Gasteiger partial charge in [0.15, 0.2) is 18.9 Å². The Morgan fingerprint density at radius 2 is 2.18 bits per heavy atom. The molecule has 2 aliphatic heterocycles. The molecule has 22 heavy (non-hydrogen) atoms. The van der Waals surface area contributed by atoms with E-state index in [0.717, 1.165) is 0 Å². The van der Waals surface area contributed by atoms with E-state index in [2.05, 4.69) is 0 Å². The maximum Gasteiger partial charge on any atom is 0.352 e. The molecule has 2 aliphatic rings. The van der Waals surface area contributed by atoms with Crippen LogP contribution in [0.2, 0.25) is 0 Å². The molecular weight excluding hydrogens is 302 g/mol. The highest BCUT2D eigenvalue weighted by molar-refractivity contribution is 8.00. The van der Waals surface area contributed by atoms with E-state index < -0.39 is 12.0 Å². The third-order valence-electron chi connectivity index (χ3n) is 3.65. The lowest BCUT2D eigenvalue weighted by molar-refractivity contribution is -0.687. The summed E-state index contributed by atoms with van der Waals surface area (Å²) in [6.07, 6.45) is 7.54. The SMILES string of the molecule is NC1C(=O)N2C(C(=O)O)=C(/C=C/C[n+]3ccccc3)CS[C@H]12. The molecule has 1 aromatic rings. The molecule has 0 saturated carbocycles. The summed E-state index contributed by atoms with van der Waals surface area (Å²) >= 11 is 1.50. The van der Waals surface area contributed by atoms with Crippen LogP contribution in [0.25, 0.3) is 0 Å². The molecule has 7 heteroatoms. The van der Waals surface area contributed by atoms with Gasteiger partial charge in [0.2, 0.25) is 5.91 Å². The minimum atomic E-state index is -1.09. The van der Waals surface area contributed by atoms with Crippen LogP contribution in [0.5, 0.6) is 0 Å². The monoisotopic (exact) mass is 318 g/mol. The van der Waals surface area contributed by atoms with Crippen molar-refractivity contribution < 1.29 is 19.3 Å². The van der Waals surface area contributed by atoms with Crippen molar-refractivity contribution in [3.05, 3.63) is 54.0 Å². The number of fused-ring (bicyclic) bond motifs is 1. The summed E-state index contributed by atoms with van der Waals surface area (Å²) in [5, 5.41) is 9.16. The van der Waals surface area contributed by atoms with E-state index in [0.29, 0.717) is 17.9 Å². The van der Waals surface area contributed by atoms with E-state index >= 15 is 0 Å². The number of carbonyl (C=O) groups is 2. The maximum absolute atomic E-state index is 11.8. The maximum atomic E-state index is 11.8. The number of thioether (sulfide) groups is 1. The number of hydrogen-bond donors (Lipinski definition) is 2. The fourth-order valence-corrected chi connectivity index (χ4v) is 3.81. The van der Waals surface area contributed by atoms with Crippen molar-refractivity contribution in [2.75, 3.05) is 5.75 Å². The molecule has 0 radical (unpaired) electrons. The van der Waals surface area contributed by atoms with Crippen LogP contribution < -0.4 is 10.3 Å². The smallest absolute Gasteiger partial charge is 0.352 e. The van der Waals surface area contributed by atoms with Gasteiger partial charge < -0.3 is 10.8 Å². The quantitative estimate of drug-likeness (QED) is 0.608. The van der Waals surface area contributed by atoms with Crippen molar-refractivity contribution in [1.82, 2.24) is 4.90 Å². The van der Waals surface area contributed by atoms with Gasteiger partial charge in [-0.3, -0.25) is 9.69 Å². The number of pyridine rings is 1. The summed E-state index contributed by atoms with van der Waals surface area (Å²) in [5.74, 6) is -0.866. The molecule has 1 unspecified atom stereocenters. The molecule has 2 atom stereocenters. The highest BCUT2D eigenvalue weighted by Crippen LogP contribution is 2.39. The van der Waals surface area contributed by atoms with Crippen LogP contribution in [0, 0.1) is 0 Å². The molecule has 0 bridgehead atoms. The van der Waals surface area contributed by atoms with E-state index in [-0.39, 0.29) is 17.0 Å². The minimum absolute atomic E-state index is 0.0600. The molecule has 1 amide bonds. The van der Waals surface area contributed by atoms with Gasteiger partial charge in [0.05, 0.1) is 0 Å². The summed E-state index contributed by atoms with van der Waals surface area (Å²) < 4.78 is 1.97. The fourth-order valence-electron chi connectivity index (χ4n) is 2.54. The first-order valence-electron chi connectivity index (χ1n) is 6.87. The highest BCUT2D eigenvalue weighted by Gasteiger charge is 2.51. The van der Waals surface area contributed by atoms with E-state index in [1.165, 1.54) is 16.7 Å². The number of aromatic nitrogens is 1. The number of nitrogens with zero attached hydrogens (tertiary/aromatic N) is 2. The number of rotatable bonds is 4. The Bertz CT molecular complexity index is 672. The van der Waals surface area contributed by atoms with E-state index in [9.17, 15) is 14.7 Å². The van der Waals surface area contributed by atoms with Crippen LogP contribution in [0.1, 0.15) is 0 Å². The van der Waals surface area contributed by atoms with E-state index in [1.807, 2.05) is 41.2 Å². The molecule has 0 aromatic carbocycles. The minimum Gasteiger partial charge on any atom is -0.477 e. The van der Waals surface area contributed by atoms with Crippen molar-refractivity contribution in [2.24, 2.45) is 5.73 Å².